The van der Waals surface area contributed by atoms with Gasteiger partial charge >= 0.3 is 5.97 Å². The van der Waals surface area contributed by atoms with E-state index in [2.05, 4.69) is 0 Å². The summed E-state index contributed by atoms with van der Waals surface area (Å²) in [6.45, 7) is 0.192. The number of hydrogen-bond donors (Lipinski definition) is 0. The van der Waals surface area contributed by atoms with Gasteiger partial charge in [-0.25, -0.2) is 4.90 Å². The van der Waals surface area contributed by atoms with E-state index in [1.165, 1.54) is 11.0 Å². The van der Waals surface area contributed by atoms with E-state index in [4.69, 9.17) is 16.3 Å². The summed E-state index contributed by atoms with van der Waals surface area (Å²) in [7, 11) is 0. The molecule has 0 bridgehead atoms. The Labute approximate surface area is 194 Å². The molecule has 8 heteroatoms. The van der Waals surface area contributed by atoms with Gasteiger partial charge in [0, 0.05) is 29.7 Å². The molecule has 164 valence electrons. The maximum absolute atomic E-state index is 12.8. The molecule has 2 aliphatic rings. The summed E-state index contributed by atoms with van der Waals surface area (Å²) in [6.07, 6.45) is 0.0273. The lowest BCUT2D eigenvalue weighted by Gasteiger charge is -2.17. The van der Waals surface area contributed by atoms with Gasteiger partial charge in [-0.3, -0.25) is 19.2 Å². The zero-order valence-electron chi connectivity index (χ0n) is 17.2. The van der Waals surface area contributed by atoms with E-state index in [1.807, 2.05) is 0 Å². The number of hydrogen-bond acceptors (Lipinski definition) is 5. The van der Waals surface area contributed by atoms with Gasteiger partial charge in [-0.15, -0.1) is 0 Å². The lowest BCUT2D eigenvalue weighted by Crippen LogP contribution is -2.29. The molecule has 0 saturated carbocycles. The van der Waals surface area contributed by atoms with Gasteiger partial charge in [0.25, 0.3) is 11.8 Å². The van der Waals surface area contributed by atoms with Gasteiger partial charge in [0.05, 0.1) is 22.7 Å². The molecule has 2 aliphatic heterocycles. The zero-order chi connectivity index (χ0) is 23.1. The molecule has 3 amide bonds. The number of ether oxygens (including phenoxy) is 1. The number of carbonyl (C=O) groups excluding carboxylic acids is 4. The molecule has 3 aromatic rings. The molecule has 0 spiro atoms. The fourth-order valence-electron chi connectivity index (χ4n) is 4.05. The summed E-state index contributed by atoms with van der Waals surface area (Å²) >= 11 is 5.91. The highest BCUT2D eigenvalue weighted by Gasteiger charge is 2.38. The van der Waals surface area contributed by atoms with Gasteiger partial charge in [-0.2, -0.15) is 0 Å². The summed E-state index contributed by atoms with van der Waals surface area (Å²) in [6, 6.07) is 19.6. The van der Waals surface area contributed by atoms with Crippen LogP contribution < -0.4 is 14.5 Å². The van der Waals surface area contributed by atoms with E-state index in [-0.39, 0.29) is 24.6 Å². The topological polar surface area (TPSA) is 84.0 Å². The highest BCUT2D eigenvalue weighted by atomic mass is 35.5. The zero-order valence-corrected chi connectivity index (χ0v) is 18.0. The van der Waals surface area contributed by atoms with Crippen molar-refractivity contribution in [3.8, 4) is 5.75 Å². The molecule has 1 atom stereocenters. The lowest BCUT2D eigenvalue weighted by atomic mass is 10.1. The van der Waals surface area contributed by atoms with Crippen LogP contribution in [-0.2, 0) is 9.59 Å². The number of amides is 3. The Kier molecular flexibility index (Phi) is 5.18. The highest BCUT2D eigenvalue weighted by Crippen LogP contribution is 2.32. The van der Waals surface area contributed by atoms with Crippen molar-refractivity contribution in [1.82, 2.24) is 0 Å². The summed E-state index contributed by atoms with van der Waals surface area (Å²) in [5.41, 5.74) is 1.62. The van der Waals surface area contributed by atoms with Crippen LogP contribution in [0.5, 0.6) is 5.75 Å². The molecular formula is C25H17ClN2O5. The van der Waals surface area contributed by atoms with Crippen molar-refractivity contribution in [2.45, 2.75) is 6.42 Å². The molecule has 7 nitrogen and oxygen atoms in total. The SMILES string of the molecule is O=C(Oc1cccc(N2C(=O)c3ccccc3C2=O)c1)[C@H]1CC(=O)N(c2ccc(Cl)cc2)C1. The Bertz CT molecular complexity index is 1270. The van der Waals surface area contributed by atoms with Crippen molar-refractivity contribution in [2.75, 3.05) is 16.3 Å². The third kappa shape index (κ3) is 3.76. The highest BCUT2D eigenvalue weighted by molar-refractivity contribution is 6.34. The first-order valence-electron chi connectivity index (χ1n) is 10.3. The molecule has 0 unspecified atom stereocenters. The molecule has 0 radical (unpaired) electrons. The first-order valence-corrected chi connectivity index (χ1v) is 10.7. The van der Waals surface area contributed by atoms with Crippen molar-refractivity contribution < 1.29 is 23.9 Å². The quantitative estimate of drug-likeness (QED) is 0.332. The number of carbonyl (C=O) groups is 4. The number of rotatable bonds is 4. The van der Waals surface area contributed by atoms with Crippen molar-refractivity contribution in [3.05, 3.63) is 88.9 Å². The number of fused-ring (bicyclic) bond motifs is 1. The minimum Gasteiger partial charge on any atom is -0.426 e. The minimum absolute atomic E-state index is 0.0273. The van der Waals surface area contributed by atoms with Crippen LogP contribution in [0.15, 0.2) is 72.8 Å². The predicted molar refractivity (Wildman–Crippen MR) is 122 cm³/mol. The number of anilines is 2. The normalized spacial score (nSPS) is 17.5. The Morgan fingerprint density at radius 2 is 1.52 bits per heavy atom. The van der Waals surface area contributed by atoms with Crippen LogP contribution in [0.3, 0.4) is 0 Å². The van der Waals surface area contributed by atoms with E-state index >= 15 is 0 Å². The lowest BCUT2D eigenvalue weighted by molar-refractivity contribution is -0.139. The number of imide groups is 1. The van der Waals surface area contributed by atoms with Crippen LogP contribution in [0.25, 0.3) is 0 Å². The molecule has 3 aromatic carbocycles. The van der Waals surface area contributed by atoms with Crippen LogP contribution >= 0.6 is 11.6 Å². The number of benzene rings is 3. The number of halogens is 1. The summed E-state index contributed by atoms with van der Waals surface area (Å²) < 4.78 is 5.51. The van der Waals surface area contributed by atoms with E-state index in [1.54, 1.807) is 66.7 Å². The molecule has 33 heavy (non-hydrogen) atoms. The molecule has 1 fully saturated rings. The second-order valence-corrected chi connectivity index (χ2v) is 8.23. The van der Waals surface area contributed by atoms with Gasteiger partial charge < -0.3 is 9.64 Å². The fraction of sp³-hybridized carbons (Fsp3) is 0.120. The van der Waals surface area contributed by atoms with Crippen LogP contribution in [-0.4, -0.2) is 30.2 Å². The van der Waals surface area contributed by atoms with E-state index in [9.17, 15) is 19.2 Å². The largest absolute Gasteiger partial charge is 0.426 e. The minimum atomic E-state index is -0.642. The molecule has 5 rings (SSSR count). The van der Waals surface area contributed by atoms with Crippen LogP contribution in [0.4, 0.5) is 11.4 Å². The van der Waals surface area contributed by atoms with Crippen molar-refractivity contribution >= 4 is 46.7 Å². The van der Waals surface area contributed by atoms with Crippen molar-refractivity contribution in [2.24, 2.45) is 5.92 Å². The Morgan fingerprint density at radius 1 is 0.848 bits per heavy atom. The number of nitrogens with zero attached hydrogens (tertiary/aromatic N) is 2. The second kappa shape index (κ2) is 8.18. The Morgan fingerprint density at radius 3 is 2.18 bits per heavy atom. The first kappa shape index (κ1) is 20.9. The predicted octanol–water partition coefficient (Wildman–Crippen LogP) is 4.10. The first-order chi connectivity index (χ1) is 15.9. The van der Waals surface area contributed by atoms with Crippen LogP contribution in [0, 0.1) is 5.92 Å². The molecule has 2 heterocycles. The third-order valence-electron chi connectivity index (χ3n) is 5.68. The summed E-state index contributed by atoms with van der Waals surface area (Å²) in [5, 5.41) is 0.555. The smallest absolute Gasteiger partial charge is 0.316 e. The average molecular weight is 461 g/mol. The summed E-state index contributed by atoms with van der Waals surface area (Å²) in [4.78, 5) is 53.2. The molecule has 0 aliphatic carbocycles. The van der Waals surface area contributed by atoms with E-state index in [0.29, 0.717) is 27.5 Å². The van der Waals surface area contributed by atoms with Gasteiger partial charge in [0.1, 0.15) is 5.75 Å². The maximum Gasteiger partial charge on any atom is 0.316 e. The van der Waals surface area contributed by atoms with Gasteiger partial charge in [0.2, 0.25) is 5.91 Å². The fourth-order valence-corrected chi connectivity index (χ4v) is 4.17. The van der Waals surface area contributed by atoms with Gasteiger partial charge in [0.15, 0.2) is 0 Å². The third-order valence-corrected chi connectivity index (χ3v) is 5.94. The Balaban J connectivity index is 1.31. The average Bonchev–Trinajstić information content (AvgIpc) is 3.32. The maximum atomic E-state index is 12.8. The van der Waals surface area contributed by atoms with E-state index < -0.39 is 23.7 Å². The van der Waals surface area contributed by atoms with E-state index in [0.717, 1.165) is 4.90 Å². The Hall–Kier alpha value is -3.97. The molecular weight excluding hydrogens is 444 g/mol. The van der Waals surface area contributed by atoms with Crippen molar-refractivity contribution in [3.63, 3.8) is 0 Å². The molecule has 1 saturated heterocycles. The van der Waals surface area contributed by atoms with Gasteiger partial charge in [-0.05, 0) is 48.5 Å². The number of esters is 1. The second-order valence-electron chi connectivity index (χ2n) is 7.79. The van der Waals surface area contributed by atoms with Crippen LogP contribution in [0.2, 0.25) is 5.02 Å². The molecule has 0 N–H and O–H groups in total. The monoisotopic (exact) mass is 460 g/mol. The van der Waals surface area contributed by atoms with Crippen LogP contribution in [0.1, 0.15) is 27.1 Å². The van der Waals surface area contributed by atoms with Gasteiger partial charge in [-0.1, -0.05) is 29.8 Å². The van der Waals surface area contributed by atoms with Crippen molar-refractivity contribution in [1.29, 1.82) is 0 Å². The standard InChI is InChI=1S/C25H17ClN2O5/c26-16-8-10-17(11-9-16)27-14-15(12-22(27)29)25(32)33-19-5-3-4-18(13-19)28-23(30)20-6-1-2-7-21(20)24(28)31/h1-11,13,15H,12,14H2/t15-/m0/s1. The summed E-state index contributed by atoms with van der Waals surface area (Å²) in [5.74, 6) is -2.06. The molecule has 0 aromatic heterocycles.